The minimum atomic E-state index is -4.55. The molecule has 0 radical (unpaired) electrons. The second kappa shape index (κ2) is 6.50. The first-order valence-electron chi connectivity index (χ1n) is 8.63. The van der Waals surface area contributed by atoms with Gasteiger partial charge in [-0.1, -0.05) is 17.7 Å². The molecule has 0 atom stereocenters. The van der Waals surface area contributed by atoms with E-state index in [-0.39, 0.29) is 34.9 Å². The molecule has 0 saturated heterocycles. The standard InChI is InChI=1S/C19H16F3N5O2/c1-9-3-5-11(12(7-9)19(20,21)22)8-27-16-15(25-18(27)28)14(24-17(23)26-16)13-6-4-10(2)29-13/h3-7H,8H2,1-2H3,(H,25,28)(H2,23,24,26). The number of fused-ring (bicyclic) bond motifs is 1. The molecule has 29 heavy (non-hydrogen) atoms. The van der Waals surface area contributed by atoms with E-state index in [4.69, 9.17) is 10.2 Å². The smallest absolute Gasteiger partial charge is 0.416 e. The van der Waals surface area contributed by atoms with Gasteiger partial charge < -0.3 is 15.1 Å². The molecule has 0 aliphatic rings. The van der Waals surface area contributed by atoms with Crippen LogP contribution in [-0.4, -0.2) is 19.5 Å². The van der Waals surface area contributed by atoms with Crippen LogP contribution >= 0.6 is 0 Å². The van der Waals surface area contributed by atoms with Crippen molar-refractivity contribution in [2.24, 2.45) is 0 Å². The number of nitrogens with two attached hydrogens (primary N) is 1. The Morgan fingerprint density at radius 3 is 2.59 bits per heavy atom. The van der Waals surface area contributed by atoms with Crippen LogP contribution in [0.1, 0.15) is 22.5 Å². The molecular formula is C19H16F3N5O2. The Balaban J connectivity index is 1.90. The molecule has 0 unspecified atom stereocenters. The van der Waals surface area contributed by atoms with Crippen LogP contribution in [0.2, 0.25) is 0 Å². The summed E-state index contributed by atoms with van der Waals surface area (Å²) in [4.78, 5) is 23.4. The maximum absolute atomic E-state index is 13.5. The summed E-state index contributed by atoms with van der Waals surface area (Å²) in [6, 6.07) is 7.34. The lowest BCUT2D eigenvalue weighted by atomic mass is 10.0. The highest BCUT2D eigenvalue weighted by Gasteiger charge is 2.33. The van der Waals surface area contributed by atoms with Crippen molar-refractivity contribution in [2.75, 3.05) is 5.73 Å². The second-order valence-electron chi connectivity index (χ2n) is 6.71. The summed E-state index contributed by atoms with van der Waals surface area (Å²) < 4.78 is 47.1. The van der Waals surface area contributed by atoms with Crippen molar-refractivity contribution in [3.05, 3.63) is 63.3 Å². The third-order valence-corrected chi connectivity index (χ3v) is 4.51. The number of anilines is 1. The molecule has 0 amide bonds. The van der Waals surface area contributed by atoms with E-state index >= 15 is 0 Å². The second-order valence-corrected chi connectivity index (χ2v) is 6.71. The summed E-state index contributed by atoms with van der Waals surface area (Å²) in [5.41, 5.74) is 5.36. The van der Waals surface area contributed by atoms with Crippen LogP contribution in [0.5, 0.6) is 0 Å². The molecule has 10 heteroatoms. The number of hydrogen-bond acceptors (Lipinski definition) is 5. The zero-order valence-corrected chi connectivity index (χ0v) is 15.5. The fourth-order valence-electron chi connectivity index (χ4n) is 3.20. The van der Waals surface area contributed by atoms with Gasteiger partial charge in [-0.25, -0.2) is 9.78 Å². The molecule has 1 aromatic carbocycles. The first-order valence-corrected chi connectivity index (χ1v) is 8.63. The van der Waals surface area contributed by atoms with Crippen molar-refractivity contribution in [2.45, 2.75) is 26.6 Å². The van der Waals surface area contributed by atoms with Gasteiger partial charge in [0.05, 0.1) is 12.1 Å². The number of H-pyrrole nitrogens is 1. The maximum atomic E-state index is 13.5. The molecule has 0 bridgehead atoms. The zero-order valence-electron chi connectivity index (χ0n) is 15.5. The van der Waals surface area contributed by atoms with Crippen molar-refractivity contribution in [1.29, 1.82) is 0 Å². The highest BCUT2D eigenvalue weighted by molar-refractivity contribution is 5.86. The number of hydrogen-bond donors (Lipinski definition) is 2. The first kappa shape index (κ1) is 18.8. The number of nitrogen functional groups attached to an aromatic ring is 1. The monoisotopic (exact) mass is 403 g/mol. The van der Waals surface area contributed by atoms with Gasteiger partial charge in [0.1, 0.15) is 17.0 Å². The number of benzene rings is 1. The van der Waals surface area contributed by atoms with Gasteiger partial charge in [0.25, 0.3) is 0 Å². The Hall–Kier alpha value is -3.56. The van der Waals surface area contributed by atoms with Gasteiger partial charge in [0.2, 0.25) is 5.95 Å². The molecule has 0 spiro atoms. The molecule has 0 saturated carbocycles. The largest absolute Gasteiger partial charge is 0.460 e. The van der Waals surface area contributed by atoms with Crippen molar-refractivity contribution < 1.29 is 17.6 Å². The third-order valence-electron chi connectivity index (χ3n) is 4.51. The minimum Gasteiger partial charge on any atom is -0.460 e. The molecule has 3 N–H and O–H groups in total. The highest BCUT2D eigenvalue weighted by atomic mass is 19.4. The van der Waals surface area contributed by atoms with Gasteiger partial charge in [0, 0.05) is 0 Å². The van der Waals surface area contributed by atoms with Gasteiger partial charge in [0.15, 0.2) is 11.4 Å². The van der Waals surface area contributed by atoms with Crippen LogP contribution in [0.25, 0.3) is 22.6 Å². The molecule has 150 valence electrons. The Bertz CT molecular complexity index is 1280. The normalized spacial score (nSPS) is 12.0. The lowest BCUT2D eigenvalue weighted by Gasteiger charge is -2.14. The van der Waals surface area contributed by atoms with Crippen LogP contribution in [-0.2, 0) is 12.7 Å². The van der Waals surface area contributed by atoms with E-state index in [1.807, 2.05) is 0 Å². The number of furan rings is 1. The zero-order chi connectivity index (χ0) is 20.9. The van der Waals surface area contributed by atoms with E-state index in [1.54, 1.807) is 32.0 Å². The summed E-state index contributed by atoms with van der Waals surface area (Å²) in [7, 11) is 0. The van der Waals surface area contributed by atoms with Gasteiger partial charge in [-0.3, -0.25) is 4.57 Å². The molecule has 4 aromatic rings. The summed E-state index contributed by atoms with van der Waals surface area (Å²) >= 11 is 0. The van der Waals surface area contributed by atoms with Crippen LogP contribution in [0.3, 0.4) is 0 Å². The highest BCUT2D eigenvalue weighted by Crippen LogP contribution is 2.33. The minimum absolute atomic E-state index is 0.0568. The Kier molecular flexibility index (Phi) is 4.21. The van der Waals surface area contributed by atoms with Crippen molar-refractivity contribution >= 4 is 17.1 Å². The number of rotatable bonds is 3. The molecular weight excluding hydrogens is 387 g/mol. The van der Waals surface area contributed by atoms with Gasteiger partial charge in [-0.2, -0.15) is 18.2 Å². The van der Waals surface area contributed by atoms with Crippen LogP contribution in [0.15, 0.2) is 39.5 Å². The lowest BCUT2D eigenvalue weighted by molar-refractivity contribution is -0.138. The van der Waals surface area contributed by atoms with Crippen LogP contribution in [0.4, 0.5) is 19.1 Å². The van der Waals surface area contributed by atoms with Crippen molar-refractivity contribution in [3.8, 4) is 11.5 Å². The number of aryl methyl sites for hydroxylation is 2. The Morgan fingerprint density at radius 1 is 1.17 bits per heavy atom. The summed E-state index contributed by atoms with van der Waals surface area (Å²) in [6.07, 6.45) is -4.55. The number of alkyl halides is 3. The molecule has 0 fully saturated rings. The molecule has 0 aliphatic heterocycles. The average molecular weight is 403 g/mol. The van der Waals surface area contributed by atoms with Gasteiger partial charge in [-0.15, -0.1) is 0 Å². The van der Waals surface area contributed by atoms with Crippen LogP contribution in [0, 0.1) is 13.8 Å². The predicted molar refractivity (Wildman–Crippen MR) is 100 cm³/mol. The van der Waals surface area contributed by atoms with E-state index in [2.05, 4.69) is 15.0 Å². The third kappa shape index (κ3) is 3.37. The summed E-state index contributed by atoms with van der Waals surface area (Å²) in [5.74, 6) is 0.858. The predicted octanol–water partition coefficient (Wildman–Crippen LogP) is 3.65. The molecule has 3 aromatic heterocycles. The van der Waals surface area contributed by atoms with E-state index in [9.17, 15) is 18.0 Å². The average Bonchev–Trinajstić information content (AvgIpc) is 3.19. The molecule has 4 rings (SSSR count). The number of halogens is 3. The quantitative estimate of drug-likeness (QED) is 0.544. The molecule has 3 heterocycles. The Labute approximate surface area is 162 Å². The number of nitrogens with zero attached hydrogens (tertiary/aromatic N) is 3. The number of imidazole rings is 1. The van der Waals surface area contributed by atoms with E-state index < -0.39 is 17.4 Å². The van der Waals surface area contributed by atoms with Gasteiger partial charge >= 0.3 is 11.9 Å². The fourth-order valence-corrected chi connectivity index (χ4v) is 3.20. The Morgan fingerprint density at radius 2 is 1.93 bits per heavy atom. The lowest BCUT2D eigenvalue weighted by Crippen LogP contribution is -2.20. The van der Waals surface area contributed by atoms with E-state index in [0.717, 1.165) is 10.6 Å². The van der Waals surface area contributed by atoms with E-state index in [1.165, 1.54) is 6.07 Å². The first-order chi connectivity index (χ1) is 13.6. The van der Waals surface area contributed by atoms with Crippen LogP contribution < -0.4 is 11.4 Å². The number of nitrogens with one attached hydrogen (secondary N) is 1. The van der Waals surface area contributed by atoms with E-state index in [0.29, 0.717) is 17.1 Å². The summed E-state index contributed by atoms with van der Waals surface area (Å²) in [6.45, 7) is 2.98. The van der Waals surface area contributed by atoms with Gasteiger partial charge in [-0.05, 0) is 37.6 Å². The molecule has 7 nitrogen and oxygen atoms in total. The number of aromatic nitrogens is 4. The molecule has 0 aliphatic carbocycles. The van der Waals surface area contributed by atoms with Crippen molar-refractivity contribution in [3.63, 3.8) is 0 Å². The summed E-state index contributed by atoms with van der Waals surface area (Å²) in [5, 5.41) is 0. The fraction of sp³-hybridized carbons (Fsp3) is 0.211. The number of aromatic amines is 1. The van der Waals surface area contributed by atoms with Crippen molar-refractivity contribution in [1.82, 2.24) is 19.5 Å². The maximum Gasteiger partial charge on any atom is 0.416 e. The SMILES string of the molecule is Cc1ccc(Cn2c(=O)[nH]c3c(-c4ccc(C)o4)nc(N)nc32)c(C(F)(F)F)c1. The topological polar surface area (TPSA) is 103 Å².